The second-order valence-corrected chi connectivity index (χ2v) is 6.37. The Morgan fingerprint density at radius 3 is 2.08 bits per heavy atom. The van der Waals surface area contributed by atoms with Crippen LogP contribution < -0.4 is 0 Å². The molecule has 1 rings (SSSR count). The van der Waals surface area contributed by atoms with Crippen molar-refractivity contribution in [2.24, 2.45) is 5.92 Å². The Kier molecular flexibility index (Phi) is 4.70. The molecular formula is C10H20O2Si. The molecule has 13 heavy (non-hydrogen) atoms. The molecule has 1 aliphatic rings. The predicted octanol–water partition coefficient (Wildman–Crippen LogP) is 2.25. The van der Waals surface area contributed by atoms with Gasteiger partial charge in [0.05, 0.1) is 0 Å². The van der Waals surface area contributed by atoms with Gasteiger partial charge in [0.2, 0.25) is 0 Å². The fraction of sp³-hybridized carbons (Fsp3) is 0.800. The van der Waals surface area contributed by atoms with Gasteiger partial charge in [0.1, 0.15) is 0 Å². The zero-order valence-corrected chi connectivity index (χ0v) is 9.82. The molecular weight excluding hydrogens is 180 g/mol. The van der Waals surface area contributed by atoms with Crippen molar-refractivity contribution in [2.75, 3.05) is 14.2 Å². The first-order chi connectivity index (χ1) is 6.31. The molecule has 0 bridgehead atoms. The van der Waals surface area contributed by atoms with Gasteiger partial charge in [0.15, 0.2) is 0 Å². The van der Waals surface area contributed by atoms with Crippen molar-refractivity contribution in [1.82, 2.24) is 0 Å². The predicted molar refractivity (Wildman–Crippen MR) is 57.1 cm³/mol. The molecule has 2 nitrogen and oxygen atoms in total. The van der Waals surface area contributed by atoms with Crippen LogP contribution in [0.25, 0.3) is 0 Å². The van der Waals surface area contributed by atoms with Gasteiger partial charge in [-0.1, -0.05) is 6.08 Å². The van der Waals surface area contributed by atoms with E-state index in [1.807, 2.05) is 0 Å². The van der Waals surface area contributed by atoms with Crippen LogP contribution >= 0.6 is 0 Å². The minimum Gasteiger partial charge on any atom is -0.400 e. The van der Waals surface area contributed by atoms with Crippen molar-refractivity contribution >= 4 is 9.28 Å². The summed E-state index contributed by atoms with van der Waals surface area (Å²) in [6, 6.07) is 0. The number of hydrogen-bond donors (Lipinski definition) is 0. The van der Waals surface area contributed by atoms with Gasteiger partial charge in [0, 0.05) is 14.2 Å². The van der Waals surface area contributed by atoms with E-state index in [1.54, 1.807) is 14.2 Å². The molecule has 76 valence electrons. The Balaban J connectivity index is 2.34. The molecule has 0 radical (unpaired) electrons. The second-order valence-electron chi connectivity index (χ2n) is 3.75. The van der Waals surface area contributed by atoms with E-state index < -0.39 is 9.28 Å². The minimum atomic E-state index is -1.35. The third kappa shape index (κ3) is 2.93. The molecule has 3 heteroatoms. The lowest BCUT2D eigenvalue weighted by atomic mass is 9.89. The molecule has 0 atom stereocenters. The fourth-order valence-corrected chi connectivity index (χ4v) is 4.03. The maximum absolute atomic E-state index is 5.40. The molecule has 0 aromatic carbocycles. The Morgan fingerprint density at radius 1 is 1.15 bits per heavy atom. The summed E-state index contributed by atoms with van der Waals surface area (Å²) in [4.78, 5) is 0. The van der Waals surface area contributed by atoms with E-state index in [4.69, 9.17) is 8.85 Å². The highest BCUT2D eigenvalue weighted by Crippen LogP contribution is 2.35. The van der Waals surface area contributed by atoms with Crippen LogP contribution in [0.1, 0.15) is 25.7 Å². The van der Waals surface area contributed by atoms with Gasteiger partial charge in [-0.2, -0.15) is 0 Å². The van der Waals surface area contributed by atoms with Crippen LogP contribution in [-0.4, -0.2) is 23.5 Å². The maximum atomic E-state index is 5.40. The van der Waals surface area contributed by atoms with Gasteiger partial charge in [-0.3, -0.25) is 0 Å². The number of rotatable bonds is 4. The van der Waals surface area contributed by atoms with Crippen LogP contribution in [0.15, 0.2) is 12.7 Å². The Morgan fingerprint density at radius 2 is 1.69 bits per heavy atom. The SMILES string of the molecule is C=CC1CCC([SiH](OC)OC)CC1. The van der Waals surface area contributed by atoms with Gasteiger partial charge in [-0.05, 0) is 37.1 Å². The summed E-state index contributed by atoms with van der Waals surface area (Å²) in [5, 5.41) is 0. The van der Waals surface area contributed by atoms with E-state index in [1.165, 1.54) is 25.7 Å². The molecule has 0 aromatic rings. The first kappa shape index (κ1) is 11.0. The molecule has 0 N–H and O–H groups in total. The largest absolute Gasteiger partial charge is 0.400 e. The molecule has 1 saturated carbocycles. The van der Waals surface area contributed by atoms with E-state index >= 15 is 0 Å². The molecule has 0 amide bonds. The lowest BCUT2D eigenvalue weighted by molar-refractivity contribution is 0.246. The molecule has 0 aromatic heterocycles. The van der Waals surface area contributed by atoms with E-state index in [0.29, 0.717) is 5.54 Å². The van der Waals surface area contributed by atoms with E-state index in [0.717, 1.165) is 5.92 Å². The average molecular weight is 200 g/mol. The van der Waals surface area contributed by atoms with Crippen LogP contribution in [0.4, 0.5) is 0 Å². The summed E-state index contributed by atoms with van der Waals surface area (Å²) in [5.41, 5.74) is 0.714. The Bertz CT molecular complexity index is 149. The number of hydrogen-bond acceptors (Lipinski definition) is 2. The van der Waals surface area contributed by atoms with Crippen molar-refractivity contribution in [2.45, 2.75) is 31.2 Å². The van der Waals surface area contributed by atoms with E-state index in [-0.39, 0.29) is 0 Å². The van der Waals surface area contributed by atoms with E-state index in [2.05, 4.69) is 12.7 Å². The molecule has 0 heterocycles. The summed E-state index contributed by atoms with van der Waals surface area (Å²) in [7, 11) is 2.21. The Hall–Kier alpha value is -0.123. The van der Waals surface area contributed by atoms with Crippen molar-refractivity contribution < 1.29 is 8.85 Å². The molecule has 0 saturated heterocycles. The quantitative estimate of drug-likeness (QED) is 0.512. The van der Waals surface area contributed by atoms with Crippen LogP contribution in [-0.2, 0) is 8.85 Å². The summed E-state index contributed by atoms with van der Waals surface area (Å²) in [6.07, 6.45) is 7.14. The zero-order chi connectivity index (χ0) is 9.68. The molecule has 0 spiro atoms. The van der Waals surface area contributed by atoms with Gasteiger partial charge in [-0.15, -0.1) is 6.58 Å². The summed E-state index contributed by atoms with van der Waals surface area (Å²) in [6.45, 7) is 3.84. The van der Waals surface area contributed by atoms with Crippen molar-refractivity contribution in [3.63, 3.8) is 0 Å². The molecule has 1 fully saturated rings. The highest BCUT2D eigenvalue weighted by atomic mass is 28.3. The van der Waals surface area contributed by atoms with Crippen molar-refractivity contribution in [1.29, 1.82) is 0 Å². The topological polar surface area (TPSA) is 18.5 Å². The first-order valence-electron chi connectivity index (χ1n) is 5.00. The highest BCUT2D eigenvalue weighted by molar-refractivity contribution is 6.46. The molecule has 1 aliphatic carbocycles. The normalized spacial score (nSPS) is 29.2. The van der Waals surface area contributed by atoms with Crippen LogP contribution in [0.5, 0.6) is 0 Å². The van der Waals surface area contributed by atoms with E-state index in [9.17, 15) is 0 Å². The lowest BCUT2D eigenvalue weighted by Gasteiger charge is -2.29. The van der Waals surface area contributed by atoms with Gasteiger partial charge >= 0.3 is 9.28 Å². The van der Waals surface area contributed by atoms with Crippen molar-refractivity contribution in [3.8, 4) is 0 Å². The highest BCUT2D eigenvalue weighted by Gasteiger charge is 2.28. The molecule has 0 aliphatic heterocycles. The smallest absolute Gasteiger partial charge is 0.324 e. The maximum Gasteiger partial charge on any atom is 0.324 e. The zero-order valence-electron chi connectivity index (χ0n) is 8.66. The lowest BCUT2D eigenvalue weighted by Crippen LogP contribution is -2.29. The van der Waals surface area contributed by atoms with Crippen LogP contribution in [0, 0.1) is 5.92 Å². The first-order valence-corrected chi connectivity index (χ1v) is 6.61. The monoisotopic (exact) mass is 200 g/mol. The average Bonchev–Trinajstić information content (AvgIpc) is 2.21. The summed E-state index contributed by atoms with van der Waals surface area (Å²) < 4.78 is 10.8. The standard InChI is InChI=1S/C10H20O2Si/c1-4-9-5-7-10(8-6-9)13(11-2)12-3/h4,9-10,13H,1,5-8H2,2-3H3. The van der Waals surface area contributed by atoms with Gasteiger partial charge < -0.3 is 8.85 Å². The number of allylic oxidation sites excluding steroid dienone is 1. The summed E-state index contributed by atoms with van der Waals surface area (Å²) >= 11 is 0. The third-order valence-corrected chi connectivity index (χ3v) is 5.37. The van der Waals surface area contributed by atoms with Gasteiger partial charge in [-0.25, -0.2) is 0 Å². The fourth-order valence-electron chi connectivity index (χ4n) is 2.13. The third-order valence-electron chi connectivity index (χ3n) is 3.00. The van der Waals surface area contributed by atoms with Crippen molar-refractivity contribution in [3.05, 3.63) is 12.7 Å². The van der Waals surface area contributed by atoms with Gasteiger partial charge in [0.25, 0.3) is 0 Å². The summed E-state index contributed by atoms with van der Waals surface area (Å²) in [5.74, 6) is 0.736. The Labute approximate surface area is 82.8 Å². The van der Waals surface area contributed by atoms with Crippen LogP contribution in [0.2, 0.25) is 5.54 Å². The van der Waals surface area contributed by atoms with Crippen LogP contribution in [0.3, 0.4) is 0 Å². The minimum absolute atomic E-state index is 0.714. The second kappa shape index (κ2) is 5.57. The molecule has 0 unspecified atom stereocenters.